The van der Waals surface area contributed by atoms with E-state index in [9.17, 15) is 9.59 Å². The van der Waals surface area contributed by atoms with Crippen LogP contribution in [0.2, 0.25) is 0 Å². The molecule has 0 saturated carbocycles. The number of carbonyl (C=O) groups is 2. The average molecular weight is 539 g/mol. The normalized spacial score (nSPS) is 14.3. The Labute approximate surface area is 237 Å². The number of nitrogens with one attached hydrogen (secondary N) is 2. The van der Waals surface area contributed by atoms with Crippen molar-refractivity contribution in [1.82, 2.24) is 15.2 Å². The van der Waals surface area contributed by atoms with Gasteiger partial charge < -0.3 is 20.4 Å². The lowest BCUT2D eigenvalue weighted by Gasteiger charge is -2.34. The van der Waals surface area contributed by atoms with Gasteiger partial charge in [0.15, 0.2) is 0 Å². The molecule has 2 N–H and O–H groups in total. The van der Waals surface area contributed by atoms with Crippen molar-refractivity contribution in [2.75, 3.05) is 42.9 Å². The van der Waals surface area contributed by atoms with Crippen molar-refractivity contribution in [3.05, 3.63) is 89.6 Å². The summed E-state index contributed by atoms with van der Waals surface area (Å²) >= 11 is 0. The van der Waals surface area contributed by atoms with E-state index in [1.54, 1.807) is 18.3 Å². The van der Waals surface area contributed by atoms with E-state index in [4.69, 9.17) is 5.26 Å². The molecular weight excluding hydrogens is 500 g/mol. The van der Waals surface area contributed by atoms with E-state index < -0.39 is 6.04 Å². The van der Waals surface area contributed by atoms with E-state index >= 15 is 0 Å². The van der Waals surface area contributed by atoms with Crippen LogP contribution >= 0.6 is 0 Å². The van der Waals surface area contributed by atoms with E-state index in [1.165, 1.54) is 0 Å². The maximum atomic E-state index is 13.3. The van der Waals surface area contributed by atoms with Gasteiger partial charge in [-0.15, -0.1) is 0 Å². The van der Waals surface area contributed by atoms with Gasteiger partial charge >= 0.3 is 0 Å². The Hall–Kier alpha value is -4.22. The quantitative estimate of drug-likeness (QED) is 0.372. The zero-order chi connectivity index (χ0) is 28.3. The van der Waals surface area contributed by atoms with Crippen LogP contribution in [-0.4, -0.2) is 54.4 Å². The molecule has 0 bridgehead atoms. The highest BCUT2D eigenvalue weighted by Crippen LogP contribution is 2.25. The topological polar surface area (TPSA) is 101 Å². The molecule has 2 heterocycles. The van der Waals surface area contributed by atoms with Crippen LogP contribution in [-0.2, 0) is 16.0 Å². The summed E-state index contributed by atoms with van der Waals surface area (Å²) in [5, 5.41) is 15.3. The monoisotopic (exact) mass is 538 g/mol. The first kappa shape index (κ1) is 28.8. The smallest absolute Gasteiger partial charge is 0.247 e. The Bertz CT molecular complexity index is 1280. The van der Waals surface area contributed by atoms with Gasteiger partial charge in [-0.05, 0) is 68.5 Å². The Balaban J connectivity index is 1.34. The van der Waals surface area contributed by atoms with Gasteiger partial charge in [-0.2, -0.15) is 5.26 Å². The number of nitrogens with zero attached hydrogens (tertiary/aromatic N) is 4. The Morgan fingerprint density at radius 2 is 1.73 bits per heavy atom. The fourth-order valence-electron chi connectivity index (χ4n) is 5.14. The summed E-state index contributed by atoms with van der Waals surface area (Å²) in [6.45, 7) is 7.78. The Morgan fingerprint density at radius 3 is 2.33 bits per heavy atom. The molecular formula is C32H38N6O2. The molecule has 0 radical (unpaired) electrons. The first-order valence-corrected chi connectivity index (χ1v) is 14.1. The molecule has 1 fully saturated rings. The predicted molar refractivity (Wildman–Crippen MR) is 158 cm³/mol. The molecule has 2 amide bonds. The minimum absolute atomic E-state index is 0.0852. The van der Waals surface area contributed by atoms with Crippen LogP contribution in [0.3, 0.4) is 0 Å². The molecule has 0 unspecified atom stereocenters. The second kappa shape index (κ2) is 14.2. The number of pyridine rings is 1. The molecule has 208 valence electrons. The van der Waals surface area contributed by atoms with E-state index in [2.05, 4.69) is 26.6 Å². The number of benzene rings is 2. The fraction of sp³-hybridized carbons (Fsp3) is 0.375. The second-order valence-electron chi connectivity index (χ2n) is 10.0. The number of hydrogen-bond donors (Lipinski definition) is 2. The summed E-state index contributed by atoms with van der Waals surface area (Å²) in [7, 11) is 0. The maximum Gasteiger partial charge on any atom is 0.247 e. The fourth-order valence-corrected chi connectivity index (χ4v) is 5.14. The number of amides is 2. The molecule has 1 aromatic heterocycles. The van der Waals surface area contributed by atoms with Crippen LogP contribution in [0.25, 0.3) is 0 Å². The van der Waals surface area contributed by atoms with Crippen LogP contribution < -0.4 is 15.5 Å². The van der Waals surface area contributed by atoms with Crippen molar-refractivity contribution >= 4 is 23.3 Å². The summed E-state index contributed by atoms with van der Waals surface area (Å²) in [5.74, 6) is 0.665. The molecule has 0 spiro atoms. The number of piperidine rings is 1. The third-order valence-electron chi connectivity index (χ3n) is 7.52. The van der Waals surface area contributed by atoms with Crippen LogP contribution in [0, 0.1) is 17.2 Å². The number of aromatic nitrogens is 1. The van der Waals surface area contributed by atoms with Crippen molar-refractivity contribution in [3.8, 4) is 6.07 Å². The third kappa shape index (κ3) is 7.45. The largest absolute Gasteiger partial charge is 0.370 e. The summed E-state index contributed by atoms with van der Waals surface area (Å²) < 4.78 is 0. The van der Waals surface area contributed by atoms with Crippen molar-refractivity contribution in [1.29, 1.82) is 5.26 Å². The first-order chi connectivity index (χ1) is 19.5. The van der Waals surface area contributed by atoms with Gasteiger partial charge in [-0.3, -0.25) is 9.59 Å². The summed E-state index contributed by atoms with van der Waals surface area (Å²) in [6.07, 6.45) is 4.19. The molecule has 40 heavy (non-hydrogen) atoms. The molecule has 8 heteroatoms. The number of anilines is 2. The molecule has 1 saturated heterocycles. The number of nitriles is 1. The van der Waals surface area contributed by atoms with Crippen molar-refractivity contribution < 1.29 is 9.59 Å². The highest BCUT2D eigenvalue weighted by Gasteiger charge is 2.28. The van der Waals surface area contributed by atoms with Crippen molar-refractivity contribution in [3.63, 3.8) is 0 Å². The Morgan fingerprint density at radius 1 is 1.02 bits per heavy atom. The maximum absolute atomic E-state index is 13.3. The SMILES string of the molecule is CCN(CC)C(=O)C1CCN(c2ccc(NC(=O)[C@H](NCCc3ccc(C#N)cc3)c3ccccc3)nc2)CC1. The predicted octanol–water partition coefficient (Wildman–Crippen LogP) is 4.55. The second-order valence-corrected chi connectivity index (χ2v) is 10.0. The highest BCUT2D eigenvalue weighted by atomic mass is 16.2. The lowest BCUT2D eigenvalue weighted by atomic mass is 9.95. The highest BCUT2D eigenvalue weighted by molar-refractivity contribution is 5.94. The third-order valence-corrected chi connectivity index (χ3v) is 7.52. The molecule has 4 rings (SSSR count). The summed E-state index contributed by atoms with van der Waals surface area (Å²) in [4.78, 5) is 34.7. The minimum Gasteiger partial charge on any atom is -0.370 e. The van der Waals surface area contributed by atoms with Gasteiger partial charge in [-0.25, -0.2) is 4.98 Å². The van der Waals surface area contributed by atoms with Crippen LogP contribution in [0.5, 0.6) is 0 Å². The van der Waals surface area contributed by atoms with Gasteiger partial charge in [0, 0.05) is 38.6 Å². The standard InChI is InChI=1S/C32H38N6O2/c1-3-37(4-2)32(40)27-17-20-38(21-18-27)28-14-15-29(35-23-28)36-31(39)30(26-8-6-5-7-9-26)34-19-16-24-10-12-25(22-33)13-11-24/h5-15,23,27,30,34H,3-4,16-21H2,1-2H3,(H,35,36,39)/t30-/m1/s1. The lowest BCUT2D eigenvalue weighted by Crippen LogP contribution is -2.42. The van der Waals surface area contributed by atoms with E-state index in [-0.39, 0.29) is 17.7 Å². The zero-order valence-electron chi connectivity index (χ0n) is 23.3. The molecule has 1 aliphatic heterocycles. The molecule has 8 nitrogen and oxygen atoms in total. The van der Waals surface area contributed by atoms with Gasteiger partial charge in [0.2, 0.25) is 11.8 Å². The number of carbonyl (C=O) groups excluding carboxylic acids is 2. The molecule has 1 aliphatic rings. The van der Waals surface area contributed by atoms with Gasteiger partial charge in [0.25, 0.3) is 0 Å². The molecule has 1 atom stereocenters. The zero-order valence-corrected chi connectivity index (χ0v) is 23.3. The summed E-state index contributed by atoms with van der Waals surface area (Å²) in [6, 6.07) is 22.5. The van der Waals surface area contributed by atoms with Crippen molar-refractivity contribution in [2.45, 2.75) is 39.2 Å². The van der Waals surface area contributed by atoms with Crippen LogP contribution in [0.4, 0.5) is 11.5 Å². The first-order valence-electron chi connectivity index (χ1n) is 14.1. The number of hydrogen-bond acceptors (Lipinski definition) is 6. The number of rotatable bonds is 11. The van der Waals surface area contributed by atoms with E-state index in [1.807, 2.05) is 73.3 Å². The summed E-state index contributed by atoms with van der Waals surface area (Å²) in [5.41, 5.74) is 3.59. The van der Waals surface area contributed by atoms with Crippen molar-refractivity contribution in [2.24, 2.45) is 5.92 Å². The minimum atomic E-state index is -0.538. The van der Waals surface area contributed by atoms with Crippen LogP contribution in [0.15, 0.2) is 72.9 Å². The van der Waals surface area contributed by atoms with Gasteiger partial charge in [0.05, 0.1) is 23.5 Å². The lowest BCUT2D eigenvalue weighted by molar-refractivity contribution is -0.135. The average Bonchev–Trinajstić information content (AvgIpc) is 3.01. The molecule has 2 aromatic carbocycles. The van der Waals surface area contributed by atoms with E-state index in [0.29, 0.717) is 17.9 Å². The van der Waals surface area contributed by atoms with E-state index in [0.717, 1.165) is 62.3 Å². The van der Waals surface area contributed by atoms with Gasteiger partial charge in [-0.1, -0.05) is 42.5 Å². The molecule has 0 aliphatic carbocycles. The van der Waals surface area contributed by atoms with Crippen LogP contribution in [0.1, 0.15) is 49.4 Å². The Kier molecular flexibility index (Phi) is 10.3. The molecule has 3 aromatic rings. The van der Waals surface area contributed by atoms with Gasteiger partial charge in [0.1, 0.15) is 11.9 Å².